The molecule has 0 bridgehead atoms. The Kier molecular flexibility index (Phi) is 7.52. The second-order valence-corrected chi connectivity index (χ2v) is 6.72. The van der Waals surface area contributed by atoms with E-state index in [4.69, 9.17) is 0 Å². The summed E-state index contributed by atoms with van der Waals surface area (Å²) in [5, 5.41) is 12.5. The van der Waals surface area contributed by atoms with Crippen LogP contribution in [0.15, 0.2) is 29.2 Å². The van der Waals surface area contributed by atoms with Crippen molar-refractivity contribution in [1.82, 2.24) is 30.4 Å². The van der Waals surface area contributed by atoms with Crippen LogP contribution >= 0.6 is 0 Å². The van der Waals surface area contributed by atoms with Gasteiger partial charge in [-0.2, -0.15) is 27.1 Å². The first-order valence-corrected chi connectivity index (χ1v) is 9.38. The lowest BCUT2D eigenvalue weighted by molar-refractivity contribution is -0.144. The van der Waals surface area contributed by atoms with Crippen molar-refractivity contribution in [3.05, 3.63) is 47.2 Å². The molecule has 2 N–H and O–H groups in total. The van der Waals surface area contributed by atoms with E-state index < -0.39 is 44.1 Å². The molecule has 3 aromatic rings. The number of imidazole rings is 1. The van der Waals surface area contributed by atoms with E-state index in [0.717, 1.165) is 6.26 Å². The van der Waals surface area contributed by atoms with Crippen LogP contribution in [0.2, 0.25) is 0 Å². The first-order valence-electron chi connectivity index (χ1n) is 9.38. The summed E-state index contributed by atoms with van der Waals surface area (Å²) in [6.45, 7) is -3.70. The second-order valence-electron chi connectivity index (χ2n) is 6.72. The normalized spacial score (nSPS) is 11.8. The molecule has 10 nitrogen and oxygen atoms in total. The minimum atomic E-state index is -4.41. The Bertz CT molecular complexity index is 1110. The molecular formula is C18H17F5N6O4. The third kappa shape index (κ3) is 7.20. The Morgan fingerprint density at radius 1 is 1.21 bits per heavy atom. The molecule has 178 valence electrons. The van der Waals surface area contributed by atoms with Gasteiger partial charge < -0.3 is 19.9 Å². The highest BCUT2D eigenvalue weighted by Gasteiger charge is 2.27. The monoisotopic (exact) mass is 476 g/mol. The van der Waals surface area contributed by atoms with Crippen molar-refractivity contribution in [3.8, 4) is 0 Å². The van der Waals surface area contributed by atoms with Gasteiger partial charge in [0.05, 0.1) is 37.7 Å². The summed E-state index contributed by atoms with van der Waals surface area (Å²) in [4.78, 5) is 28.1. The molecule has 0 aromatic carbocycles. The van der Waals surface area contributed by atoms with Crippen molar-refractivity contribution in [3.63, 3.8) is 0 Å². The third-order valence-corrected chi connectivity index (χ3v) is 4.22. The Morgan fingerprint density at radius 2 is 2.00 bits per heavy atom. The molecule has 0 unspecified atom stereocenters. The van der Waals surface area contributed by atoms with Crippen LogP contribution in [0.4, 0.5) is 22.0 Å². The highest BCUT2D eigenvalue weighted by molar-refractivity contribution is 5.94. The molecule has 15 heteroatoms. The van der Waals surface area contributed by atoms with Crippen LogP contribution in [0.25, 0.3) is 5.65 Å². The molecule has 33 heavy (non-hydrogen) atoms. The van der Waals surface area contributed by atoms with Crippen LogP contribution in [0.3, 0.4) is 0 Å². The SMILES string of the molecule is O=C(CCC(F)(F)F)NCc1cnn2cc(CNC(=O)c3conc3COC(F)F)nc2c1. The number of alkyl halides is 5. The van der Waals surface area contributed by atoms with Crippen LogP contribution < -0.4 is 10.6 Å². The molecule has 0 spiro atoms. The number of aromatic nitrogens is 4. The van der Waals surface area contributed by atoms with Crippen LogP contribution in [-0.4, -0.2) is 44.4 Å². The van der Waals surface area contributed by atoms with Crippen LogP contribution in [-0.2, 0) is 29.2 Å². The van der Waals surface area contributed by atoms with Gasteiger partial charge in [-0.05, 0) is 11.6 Å². The average Bonchev–Trinajstić information content (AvgIpc) is 3.38. The Morgan fingerprint density at radius 3 is 2.73 bits per heavy atom. The summed E-state index contributed by atoms with van der Waals surface area (Å²) in [6.07, 6.45) is -2.35. The van der Waals surface area contributed by atoms with E-state index >= 15 is 0 Å². The highest BCUT2D eigenvalue weighted by atomic mass is 19.4. The van der Waals surface area contributed by atoms with Crippen molar-refractivity contribution in [2.75, 3.05) is 0 Å². The van der Waals surface area contributed by atoms with E-state index in [1.165, 1.54) is 16.9 Å². The fourth-order valence-corrected chi connectivity index (χ4v) is 2.65. The number of halogens is 5. The minimum Gasteiger partial charge on any atom is -0.364 e. The number of carbonyl (C=O) groups is 2. The first kappa shape index (κ1) is 24.0. The Labute approximate surface area is 182 Å². The molecule has 3 aromatic heterocycles. The molecule has 0 fully saturated rings. The van der Waals surface area contributed by atoms with Gasteiger partial charge in [0.2, 0.25) is 5.91 Å². The van der Waals surface area contributed by atoms with Crippen molar-refractivity contribution in [1.29, 1.82) is 0 Å². The van der Waals surface area contributed by atoms with Crippen LogP contribution in [0.5, 0.6) is 0 Å². The lowest BCUT2D eigenvalue weighted by atomic mass is 10.2. The van der Waals surface area contributed by atoms with Gasteiger partial charge in [-0.15, -0.1) is 0 Å². The summed E-state index contributed by atoms with van der Waals surface area (Å²) in [5.74, 6) is -1.39. The van der Waals surface area contributed by atoms with Crippen molar-refractivity contribution in [2.45, 2.75) is 45.3 Å². The number of rotatable bonds is 10. The van der Waals surface area contributed by atoms with Crippen molar-refractivity contribution >= 4 is 17.5 Å². The summed E-state index contributed by atoms with van der Waals surface area (Å²) in [6, 6.07) is 1.57. The van der Waals surface area contributed by atoms with Crippen molar-refractivity contribution < 1.29 is 40.8 Å². The number of amides is 2. The smallest absolute Gasteiger partial charge is 0.364 e. The maximum atomic E-state index is 12.3. The number of ether oxygens (including phenoxy) is 1. The first-order chi connectivity index (χ1) is 15.6. The largest absolute Gasteiger partial charge is 0.389 e. The molecule has 0 atom stereocenters. The number of hydrogen-bond donors (Lipinski definition) is 2. The molecule has 0 saturated heterocycles. The Balaban J connectivity index is 1.55. The average molecular weight is 476 g/mol. The number of nitrogens with one attached hydrogen (secondary N) is 2. The molecule has 3 rings (SSSR count). The minimum absolute atomic E-state index is 0.0317. The zero-order valence-corrected chi connectivity index (χ0v) is 16.7. The molecular weight excluding hydrogens is 459 g/mol. The van der Waals surface area contributed by atoms with Crippen molar-refractivity contribution in [2.24, 2.45) is 0 Å². The predicted octanol–water partition coefficient (Wildman–Crippen LogP) is 2.35. The van der Waals surface area contributed by atoms with E-state index in [-0.39, 0.29) is 24.3 Å². The quantitative estimate of drug-likeness (QED) is 0.431. The molecule has 0 saturated carbocycles. The van der Waals surface area contributed by atoms with Crippen LogP contribution in [0, 0.1) is 0 Å². The summed E-state index contributed by atoms with van der Waals surface area (Å²) < 4.78 is 71.0. The molecule has 0 aliphatic rings. The van der Waals surface area contributed by atoms with Gasteiger partial charge in [-0.1, -0.05) is 5.16 Å². The fraction of sp³-hybridized carbons (Fsp3) is 0.389. The summed E-state index contributed by atoms with van der Waals surface area (Å²) in [7, 11) is 0. The summed E-state index contributed by atoms with van der Waals surface area (Å²) in [5.41, 5.74) is 1.13. The van der Waals surface area contributed by atoms with E-state index in [1.54, 1.807) is 6.07 Å². The fourth-order valence-electron chi connectivity index (χ4n) is 2.65. The van der Waals surface area contributed by atoms with E-state index in [9.17, 15) is 31.5 Å². The number of hydrogen-bond acceptors (Lipinski definition) is 7. The van der Waals surface area contributed by atoms with Gasteiger partial charge in [-0.25, -0.2) is 9.50 Å². The van der Waals surface area contributed by atoms with Gasteiger partial charge in [0.25, 0.3) is 5.91 Å². The second kappa shape index (κ2) is 10.3. The zero-order chi connectivity index (χ0) is 24.0. The molecule has 2 amide bonds. The zero-order valence-electron chi connectivity index (χ0n) is 16.7. The number of fused-ring (bicyclic) bond motifs is 1. The van der Waals surface area contributed by atoms with Gasteiger partial charge in [0.15, 0.2) is 5.65 Å². The number of nitrogens with zero attached hydrogens (tertiary/aromatic N) is 4. The van der Waals surface area contributed by atoms with Gasteiger partial charge >= 0.3 is 12.8 Å². The molecule has 0 radical (unpaired) electrons. The lowest BCUT2D eigenvalue weighted by Gasteiger charge is -2.07. The lowest BCUT2D eigenvalue weighted by Crippen LogP contribution is -2.24. The highest BCUT2D eigenvalue weighted by Crippen LogP contribution is 2.21. The van der Waals surface area contributed by atoms with E-state index in [2.05, 4.69) is 35.1 Å². The topological polar surface area (TPSA) is 124 Å². The maximum absolute atomic E-state index is 12.3. The molecule has 0 aliphatic heterocycles. The Hall–Kier alpha value is -3.62. The van der Waals surface area contributed by atoms with Gasteiger partial charge in [-0.3, -0.25) is 9.59 Å². The van der Waals surface area contributed by atoms with Gasteiger partial charge in [0, 0.05) is 13.0 Å². The maximum Gasteiger partial charge on any atom is 0.389 e. The predicted molar refractivity (Wildman–Crippen MR) is 98.6 cm³/mol. The van der Waals surface area contributed by atoms with E-state index in [0.29, 0.717) is 16.9 Å². The standard InChI is InChI=1S/C18H17F5N6O4/c19-17(20)32-9-13-12(8-33-28-13)16(31)25-6-11-7-29-14(27-11)3-10(5-26-29)4-24-15(30)1-2-18(21,22)23/h3,5,7-8,17H,1-2,4,6,9H2,(H,24,30)(H,25,31). The van der Waals surface area contributed by atoms with E-state index in [1.807, 2.05) is 0 Å². The molecule has 3 heterocycles. The number of carbonyl (C=O) groups excluding carboxylic acids is 2. The molecule has 0 aliphatic carbocycles. The van der Waals surface area contributed by atoms with Crippen LogP contribution in [0.1, 0.15) is 40.2 Å². The summed E-state index contributed by atoms with van der Waals surface area (Å²) >= 11 is 0. The third-order valence-electron chi connectivity index (χ3n) is 4.22. The van der Waals surface area contributed by atoms with Gasteiger partial charge in [0.1, 0.15) is 17.5 Å².